The maximum absolute atomic E-state index is 13.0. The first-order chi connectivity index (χ1) is 16.3. The van der Waals surface area contributed by atoms with E-state index in [1.165, 1.54) is 0 Å². The lowest BCUT2D eigenvalue weighted by molar-refractivity contribution is -0.139. The van der Waals surface area contributed by atoms with Gasteiger partial charge in [0.05, 0.1) is 6.42 Å². The van der Waals surface area contributed by atoms with Gasteiger partial charge in [-0.3, -0.25) is 9.59 Å². The molecule has 0 aliphatic heterocycles. The molecule has 1 saturated carbocycles. The van der Waals surface area contributed by atoms with Gasteiger partial charge in [-0.15, -0.1) is 0 Å². The zero-order chi connectivity index (χ0) is 24.2. The van der Waals surface area contributed by atoms with E-state index in [-0.39, 0.29) is 25.0 Å². The van der Waals surface area contributed by atoms with Gasteiger partial charge in [0.1, 0.15) is 12.6 Å². The minimum atomic E-state index is -2.98. The number of carbonyl (C=O) groups is 3. The monoisotopic (exact) mass is 472 g/mol. The van der Waals surface area contributed by atoms with E-state index < -0.39 is 42.8 Å². The highest BCUT2D eigenvalue weighted by Gasteiger charge is 2.35. The normalized spacial score (nSPS) is 19.9. The Hall–Kier alpha value is -3.49. The van der Waals surface area contributed by atoms with Crippen LogP contribution in [0.5, 0.6) is 0 Å². The smallest absolute Gasteiger partial charge is 0.407 e. The Balaban J connectivity index is 1.29. The van der Waals surface area contributed by atoms with Gasteiger partial charge in [0, 0.05) is 17.9 Å². The van der Waals surface area contributed by atoms with Crippen LogP contribution in [0.25, 0.3) is 11.1 Å². The van der Waals surface area contributed by atoms with Crippen LogP contribution in [0.1, 0.15) is 42.7 Å². The molecular formula is C25H26F2N2O5. The Labute approximate surface area is 195 Å². The number of alkyl halides is 2. The summed E-state index contributed by atoms with van der Waals surface area (Å²) in [7, 11) is 0. The van der Waals surface area contributed by atoms with E-state index >= 15 is 0 Å². The summed E-state index contributed by atoms with van der Waals surface area (Å²) in [5.41, 5.74) is 4.46. The van der Waals surface area contributed by atoms with Crippen LogP contribution in [0, 0.1) is 5.92 Å². The molecular weight excluding hydrogens is 446 g/mol. The number of hydrogen-bond acceptors (Lipinski definition) is 4. The predicted molar refractivity (Wildman–Crippen MR) is 120 cm³/mol. The molecule has 2 aromatic carbocycles. The number of rotatable bonds is 8. The third-order valence-electron chi connectivity index (χ3n) is 6.50. The number of nitrogens with one attached hydrogen (secondary N) is 2. The van der Waals surface area contributed by atoms with Gasteiger partial charge in [-0.1, -0.05) is 48.5 Å². The second-order valence-electron chi connectivity index (χ2n) is 8.72. The lowest BCUT2D eigenvalue weighted by Crippen LogP contribution is -2.44. The molecule has 1 fully saturated rings. The first-order valence-electron chi connectivity index (χ1n) is 11.2. The number of alkyl carbamates (subject to hydrolysis) is 1. The molecule has 0 heterocycles. The third-order valence-corrected chi connectivity index (χ3v) is 6.50. The van der Waals surface area contributed by atoms with Crippen molar-refractivity contribution in [3.63, 3.8) is 0 Å². The topological polar surface area (TPSA) is 105 Å². The molecule has 9 heteroatoms. The lowest BCUT2D eigenvalue weighted by Gasteiger charge is -2.19. The number of carboxylic acid groups (broad SMARTS) is 1. The fourth-order valence-electron chi connectivity index (χ4n) is 4.85. The van der Waals surface area contributed by atoms with E-state index in [1.807, 2.05) is 48.5 Å². The summed E-state index contributed by atoms with van der Waals surface area (Å²) in [5.74, 6) is -2.68. The fraction of sp³-hybridized carbons (Fsp3) is 0.400. The van der Waals surface area contributed by atoms with Crippen molar-refractivity contribution in [1.82, 2.24) is 10.6 Å². The van der Waals surface area contributed by atoms with Crippen molar-refractivity contribution >= 4 is 18.0 Å². The van der Waals surface area contributed by atoms with E-state index in [0.717, 1.165) is 22.3 Å². The van der Waals surface area contributed by atoms with Crippen molar-refractivity contribution < 1.29 is 33.0 Å². The number of carbonyl (C=O) groups excluding carboxylic acids is 2. The molecule has 180 valence electrons. The first kappa shape index (κ1) is 23.7. The second-order valence-corrected chi connectivity index (χ2v) is 8.72. The Bertz CT molecular complexity index is 1030. The maximum Gasteiger partial charge on any atom is 0.407 e. The molecule has 0 radical (unpaired) electrons. The highest BCUT2D eigenvalue weighted by Crippen LogP contribution is 2.44. The van der Waals surface area contributed by atoms with Gasteiger partial charge in [-0.05, 0) is 41.5 Å². The zero-order valence-electron chi connectivity index (χ0n) is 18.4. The minimum absolute atomic E-state index is 0.0687. The van der Waals surface area contributed by atoms with Crippen LogP contribution in [0.3, 0.4) is 0 Å². The highest BCUT2D eigenvalue weighted by atomic mass is 19.3. The molecule has 4 rings (SSSR count). The first-order valence-corrected chi connectivity index (χ1v) is 11.2. The summed E-state index contributed by atoms with van der Waals surface area (Å²) in [6.07, 6.45) is -3.24. The van der Waals surface area contributed by atoms with Crippen molar-refractivity contribution in [3.05, 3.63) is 59.7 Å². The van der Waals surface area contributed by atoms with Crippen molar-refractivity contribution in [3.8, 4) is 11.1 Å². The summed E-state index contributed by atoms with van der Waals surface area (Å²) >= 11 is 0. The average Bonchev–Trinajstić information content (AvgIpc) is 3.39. The Kier molecular flexibility index (Phi) is 7.09. The van der Waals surface area contributed by atoms with Crippen molar-refractivity contribution in [1.29, 1.82) is 0 Å². The quantitative estimate of drug-likeness (QED) is 0.540. The van der Waals surface area contributed by atoms with Gasteiger partial charge < -0.3 is 20.5 Å². The molecule has 2 aliphatic carbocycles. The number of amides is 2. The van der Waals surface area contributed by atoms with Crippen LogP contribution in [0.4, 0.5) is 13.6 Å². The van der Waals surface area contributed by atoms with Crippen LogP contribution in [0.2, 0.25) is 0 Å². The van der Waals surface area contributed by atoms with E-state index in [1.54, 1.807) is 0 Å². The molecule has 0 spiro atoms. The molecule has 7 nitrogen and oxygen atoms in total. The van der Waals surface area contributed by atoms with Gasteiger partial charge in [0.25, 0.3) is 6.43 Å². The van der Waals surface area contributed by atoms with Gasteiger partial charge in [-0.25, -0.2) is 13.6 Å². The minimum Gasteiger partial charge on any atom is -0.481 e. The summed E-state index contributed by atoms with van der Waals surface area (Å²) in [4.78, 5) is 35.5. The van der Waals surface area contributed by atoms with Crippen molar-refractivity contribution in [2.24, 2.45) is 5.92 Å². The maximum atomic E-state index is 13.0. The zero-order valence-corrected chi connectivity index (χ0v) is 18.4. The van der Waals surface area contributed by atoms with Gasteiger partial charge >= 0.3 is 12.1 Å². The molecule has 0 bridgehead atoms. The Morgan fingerprint density at radius 3 is 2.21 bits per heavy atom. The van der Waals surface area contributed by atoms with Crippen LogP contribution in [-0.2, 0) is 14.3 Å². The number of carboxylic acids is 1. The lowest BCUT2D eigenvalue weighted by atomic mass is 9.98. The van der Waals surface area contributed by atoms with Crippen LogP contribution in [0.15, 0.2) is 48.5 Å². The largest absolute Gasteiger partial charge is 0.481 e. The molecule has 1 unspecified atom stereocenters. The molecule has 0 aromatic heterocycles. The number of halogens is 2. The van der Waals surface area contributed by atoms with Crippen LogP contribution in [-0.4, -0.2) is 48.2 Å². The van der Waals surface area contributed by atoms with E-state index in [0.29, 0.717) is 12.8 Å². The summed E-state index contributed by atoms with van der Waals surface area (Å²) < 4.78 is 31.5. The second kappa shape index (κ2) is 10.2. The number of ether oxygens (including phenoxy) is 1. The number of fused-ring (bicyclic) bond motifs is 3. The Morgan fingerprint density at radius 2 is 1.62 bits per heavy atom. The highest BCUT2D eigenvalue weighted by molar-refractivity contribution is 5.81. The fourth-order valence-corrected chi connectivity index (χ4v) is 4.85. The van der Waals surface area contributed by atoms with Gasteiger partial charge in [0.2, 0.25) is 5.91 Å². The van der Waals surface area contributed by atoms with E-state index in [2.05, 4.69) is 10.6 Å². The molecule has 2 amide bonds. The summed E-state index contributed by atoms with van der Waals surface area (Å²) in [6.45, 7) is 0.168. The third kappa shape index (κ3) is 5.18. The van der Waals surface area contributed by atoms with Gasteiger partial charge in [0.15, 0.2) is 0 Å². The van der Waals surface area contributed by atoms with Crippen molar-refractivity contribution in [2.75, 3.05) is 6.61 Å². The molecule has 3 atom stereocenters. The number of hydrogen-bond donors (Lipinski definition) is 3. The SMILES string of the molecule is O=C(O)CC(NC(=O)[C@@H]1CC[C@H](NC(=O)OCC2c3ccccc3-c3ccccc32)C1)C(F)F. The Morgan fingerprint density at radius 1 is 1.00 bits per heavy atom. The molecule has 2 aromatic rings. The van der Waals surface area contributed by atoms with Crippen LogP contribution < -0.4 is 10.6 Å². The van der Waals surface area contributed by atoms with E-state index in [9.17, 15) is 23.2 Å². The summed E-state index contributed by atoms with van der Waals surface area (Å²) in [6, 6.07) is 14.0. The van der Waals surface area contributed by atoms with Crippen molar-refractivity contribution in [2.45, 2.75) is 50.1 Å². The van der Waals surface area contributed by atoms with E-state index in [4.69, 9.17) is 9.84 Å². The molecule has 2 aliphatic rings. The molecule has 34 heavy (non-hydrogen) atoms. The standard InChI is InChI=1S/C25H26F2N2O5/c26-23(27)21(12-22(30)31)29-24(32)14-9-10-15(11-14)28-25(33)34-13-20-18-7-3-1-5-16(18)17-6-2-4-8-19(17)20/h1-8,14-15,20-21,23H,9-13H2,(H,28,33)(H,29,32)(H,30,31)/t14-,15+,21?/m1/s1. The van der Waals surface area contributed by atoms with Crippen LogP contribution >= 0.6 is 0 Å². The average molecular weight is 472 g/mol. The number of benzene rings is 2. The van der Waals surface area contributed by atoms with Gasteiger partial charge in [-0.2, -0.15) is 0 Å². The molecule has 3 N–H and O–H groups in total. The summed E-state index contributed by atoms with van der Waals surface area (Å²) in [5, 5.41) is 13.6. The molecule has 0 saturated heterocycles. The number of aliphatic carboxylic acids is 1. The predicted octanol–water partition coefficient (Wildman–Crippen LogP) is 3.92.